The van der Waals surface area contributed by atoms with Gasteiger partial charge in [-0.05, 0) is 65.4 Å². The fourth-order valence-corrected chi connectivity index (χ4v) is 5.45. The Bertz CT molecular complexity index is 1410. The molecular weight excluding hydrogens is 464 g/mol. The molecule has 0 fully saturated rings. The topological polar surface area (TPSA) is 33.6 Å². The van der Waals surface area contributed by atoms with E-state index in [0.29, 0.717) is 23.5 Å². The number of rotatable bonds is 6. The van der Waals surface area contributed by atoms with Crippen molar-refractivity contribution in [1.82, 2.24) is 0 Å². The Balaban J connectivity index is 1.19. The minimum Gasteiger partial charge on any atom is -0.488 e. The van der Waals surface area contributed by atoms with E-state index in [1.165, 1.54) is 16.8 Å². The summed E-state index contributed by atoms with van der Waals surface area (Å²) in [6.45, 7) is 0.493. The summed E-state index contributed by atoms with van der Waals surface area (Å²) in [6.07, 6.45) is 7.62. The monoisotopic (exact) mass is 490 g/mol. The Kier molecular flexibility index (Phi) is 6.31. The zero-order valence-electron chi connectivity index (χ0n) is 19.8. The molecule has 3 atom stereocenters. The second-order valence-electron chi connectivity index (χ2n) is 9.37. The van der Waals surface area contributed by atoms with Gasteiger partial charge >= 0.3 is 0 Å². The van der Waals surface area contributed by atoms with Gasteiger partial charge in [-0.15, -0.1) is 0 Å². The molecule has 4 heteroatoms. The summed E-state index contributed by atoms with van der Waals surface area (Å²) in [5, 5.41) is 4.45. The van der Waals surface area contributed by atoms with E-state index in [1.807, 2.05) is 42.6 Å². The lowest BCUT2D eigenvalue weighted by Gasteiger charge is -2.37. The summed E-state index contributed by atoms with van der Waals surface area (Å²) in [7, 11) is 0. The van der Waals surface area contributed by atoms with Crippen molar-refractivity contribution in [2.75, 3.05) is 5.32 Å². The van der Waals surface area contributed by atoms with Crippen LogP contribution in [-0.4, -0.2) is 6.21 Å². The van der Waals surface area contributed by atoms with Crippen molar-refractivity contribution < 1.29 is 4.74 Å². The molecule has 0 unspecified atom stereocenters. The molecule has 1 aliphatic carbocycles. The highest BCUT2D eigenvalue weighted by molar-refractivity contribution is 6.30. The predicted octanol–water partition coefficient (Wildman–Crippen LogP) is 8.50. The van der Waals surface area contributed by atoms with E-state index in [-0.39, 0.29) is 6.04 Å². The third-order valence-electron chi connectivity index (χ3n) is 7.09. The van der Waals surface area contributed by atoms with Crippen LogP contribution in [0.5, 0.6) is 5.75 Å². The first-order valence-corrected chi connectivity index (χ1v) is 12.7. The lowest BCUT2D eigenvalue weighted by molar-refractivity contribution is 0.306. The van der Waals surface area contributed by atoms with Crippen LogP contribution in [0.2, 0.25) is 5.02 Å². The Morgan fingerprint density at radius 1 is 0.917 bits per heavy atom. The van der Waals surface area contributed by atoms with Gasteiger partial charge in [-0.1, -0.05) is 84.4 Å². The summed E-state index contributed by atoms with van der Waals surface area (Å²) in [5.74, 6) is 1.76. The molecule has 3 nitrogen and oxygen atoms in total. The van der Waals surface area contributed by atoms with Crippen LogP contribution < -0.4 is 10.1 Å². The van der Waals surface area contributed by atoms with Crippen molar-refractivity contribution in [2.24, 2.45) is 10.9 Å². The molecule has 6 rings (SSSR count). The van der Waals surface area contributed by atoms with Crippen molar-refractivity contribution in [2.45, 2.75) is 25.0 Å². The molecule has 4 aromatic carbocycles. The summed E-state index contributed by atoms with van der Waals surface area (Å²) in [6, 6.07) is 33.3. The summed E-state index contributed by atoms with van der Waals surface area (Å²) < 4.78 is 6.07. The molecule has 1 heterocycles. The molecule has 0 bridgehead atoms. The van der Waals surface area contributed by atoms with E-state index in [4.69, 9.17) is 21.3 Å². The van der Waals surface area contributed by atoms with Gasteiger partial charge < -0.3 is 10.1 Å². The molecule has 0 spiro atoms. The molecule has 0 radical (unpaired) electrons. The quantitative estimate of drug-likeness (QED) is 0.217. The van der Waals surface area contributed by atoms with E-state index in [0.717, 1.165) is 29.0 Å². The Morgan fingerprint density at radius 2 is 1.72 bits per heavy atom. The maximum Gasteiger partial charge on any atom is 0.128 e. The van der Waals surface area contributed by atoms with Crippen LogP contribution in [0.4, 0.5) is 11.4 Å². The van der Waals surface area contributed by atoms with Gasteiger partial charge in [0.15, 0.2) is 0 Å². The van der Waals surface area contributed by atoms with E-state index in [1.54, 1.807) is 0 Å². The number of aliphatic imine (C=N–C) groups is 1. The van der Waals surface area contributed by atoms with Gasteiger partial charge in [-0.3, -0.25) is 4.99 Å². The van der Waals surface area contributed by atoms with Crippen LogP contribution >= 0.6 is 11.6 Å². The number of ether oxygens (including phenoxy) is 1. The summed E-state index contributed by atoms with van der Waals surface area (Å²) in [4.78, 5) is 4.73. The molecule has 2 aliphatic rings. The van der Waals surface area contributed by atoms with Gasteiger partial charge in [0.05, 0.1) is 11.7 Å². The number of fused-ring (bicyclic) bond motifs is 3. The zero-order chi connectivity index (χ0) is 24.3. The minimum absolute atomic E-state index is 0.281. The second-order valence-corrected chi connectivity index (χ2v) is 9.81. The fourth-order valence-electron chi connectivity index (χ4n) is 5.27. The highest BCUT2D eigenvalue weighted by atomic mass is 35.5. The smallest absolute Gasteiger partial charge is 0.128 e. The average molecular weight is 491 g/mol. The molecule has 1 aliphatic heterocycles. The van der Waals surface area contributed by atoms with Crippen LogP contribution in [0, 0.1) is 5.92 Å². The summed E-state index contributed by atoms with van der Waals surface area (Å²) in [5.41, 5.74) is 6.79. The van der Waals surface area contributed by atoms with Crippen molar-refractivity contribution >= 4 is 29.2 Å². The largest absolute Gasteiger partial charge is 0.488 e. The SMILES string of the molecule is Clc1ccc(OCc2ccccc2)c(C=Nc2ccc([C@@H]3Nc4ccccc4[C@H]4C=CC[C@H]43)cc2)c1. The van der Waals surface area contributed by atoms with E-state index >= 15 is 0 Å². The van der Waals surface area contributed by atoms with E-state index in [9.17, 15) is 0 Å². The van der Waals surface area contributed by atoms with Crippen molar-refractivity contribution in [3.8, 4) is 5.75 Å². The first-order valence-electron chi connectivity index (χ1n) is 12.4. The number of allylic oxidation sites excluding steroid dienone is 2. The molecule has 4 aromatic rings. The lowest BCUT2D eigenvalue weighted by Crippen LogP contribution is -2.28. The first-order chi connectivity index (χ1) is 17.7. The maximum atomic E-state index is 6.27. The average Bonchev–Trinajstić information content (AvgIpc) is 3.42. The molecule has 178 valence electrons. The Hall–Kier alpha value is -3.82. The highest BCUT2D eigenvalue weighted by Crippen LogP contribution is 2.49. The normalized spacial score (nSPS) is 20.1. The molecule has 0 saturated heterocycles. The molecular formula is C32H27ClN2O. The number of benzene rings is 4. The number of para-hydroxylation sites is 1. The molecule has 0 amide bonds. The van der Waals surface area contributed by atoms with Crippen molar-refractivity contribution in [1.29, 1.82) is 0 Å². The lowest BCUT2D eigenvalue weighted by atomic mass is 9.77. The van der Waals surface area contributed by atoms with Crippen LogP contribution in [0.15, 0.2) is 114 Å². The van der Waals surface area contributed by atoms with E-state index < -0.39 is 0 Å². The van der Waals surface area contributed by atoms with Crippen LogP contribution in [0.1, 0.15) is 40.6 Å². The van der Waals surface area contributed by atoms with Crippen LogP contribution in [0.3, 0.4) is 0 Å². The summed E-state index contributed by atoms with van der Waals surface area (Å²) >= 11 is 6.27. The van der Waals surface area contributed by atoms with Gasteiger partial charge in [-0.2, -0.15) is 0 Å². The van der Waals surface area contributed by atoms with Gasteiger partial charge in [0, 0.05) is 28.4 Å². The molecule has 36 heavy (non-hydrogen) atoms. The second kappa shape index (κ2) is 10.0. The minimum atomic E-state index is 0.281. The van der Waals surface area contributed by atoms with Gasteiger partial charge in [0.1, 0.15) is 12.4 Å². The number of halogens is 1. The highest BCUT2D eigenvalue weighted by Gasteiger charge is 2.37. The standard InChI is InChI=1S/C32H27ClN2O/c33-25-15-18-31(36-21-22-7-2-1-3-8-22)24(19-25)20-34-26-16-13-23(14-17-26)32-29-11-6-10-27(29)28-9-4-5-12-30(28)35-32/h1-10,12-20,27,29,32,35H,11,21H2/t27-,29-,32+/m1/s1. The zero-order valence-corrected chi connectivity index (χ0v) is 20.6. The Labute approximate surface area is 217 Å². The third kappa shape index (κ3) is 4.67. The predicted molar refractivity (Wildman–Crippen MR) is 149 cm³/mol. The fraction of sp³-hybridized carbons (Fsp3) is 0.156. The molecule has 0 saturated carbocycles. The Morgan fingerprint density at radius 3 is 2.58 bits per heavy atom. The maximum absolute atomic E-state index is 6.27. The van der Waals surface area contributed by atoms with Crippen LogP contribution in [-0.2, 0) is 6.61 Å². The number of anilines is 1. The number of hydrogen-bond donors (Lipinski definition) is 1. The van der Waals surface area contributed by atoms with Crippen molar-refractivity contribution in [3.63, 3.8) is 0 Å². The van der Waals surface area contributed by atoms with E-state index in [2.05, 4.69) is 78.1 Å². The molecule has 1 N–H and O–H groups in total. The number of nitrogens with one attached hydrogen (secondary N) is 1. The number of nitrogens with zero attached hydrogens (tertiary/aromatic N) is 1. The number of hydrogen-bond acceptors (Lipinski definition) is 3. The molecule has 0 aromatic heterocycles. The van der Waals surface area contributed by atoms with Gasteiger partial charge in [-0.25, -0.2) is 0 Å². The van der Waals surface area contributed by atoms with Crippen LogP contribution in [0.25, 0.3) is 0 Å². The van der Waals surface area contributed by atoms with Crippen molar-refractivity contribution in [3.05, 3.63) is 136 Å². The van der Waals surface area contributed by atoms with Gasteiger partial charge in [0.25, 0.3) is 0 Å². The van der Waals surface area contributed by atoms with Gasteiger partial charge in [0.2, 0.25) is 0 Å². The third-order valence-corrected chi connectivity index (χ3v) is 7.32. The first kappa shape index (κ1) is 22.6.